The van der Waals surface area contributed by atoms with Crippen LogP contribution in [0.3, 0.4) is 0 Å². The van der Waals surface area contributed by atoms with Crippen LogP contribution in [0.4, 0.5) is 0 Å². The molecule has 0 spiro atoms. The topological polar surface area (TPSA) is 42.7 Å². The number of rotatable bonds is 4. The number of nitrogens with zero attached hydrogens (tertiary/aromatic N) is 1. The van der Waals surface area contributed by atoms with Gasteiger partial charge in [0.1, 0.15) is 11.5 Å². The number of furan rings is 1. The summed E-state index contributed by atoms with van der Waals surface area (Å²) in [7, 11) is 1.65. The monoisotopic (exact) mass is 347 g/mol. The Bertz CT molecular complexity index is 887. The predicted octanol–water partition coefficient (Wildman–Crippen LogP) is 4.58. The van der Waals surface area contributed by atoms with Crippen LogP contribution in [0.5, 0.6) is 5.75 Å². The first-order valence-corrected chi connectivity index (χ1v) is 8.82. The molecule has 1 unspecified atom stereocenters. The minimum absolute atomic E-state index is 0.0545. The first kappa shape index (κ1) is 16.5. The van der Waals surface area contributed by atoms with E-state index in [0.29, 0.717) is 12.1 Å². The van der Waals surface area contributed by atoms with Gasteiger partial charge in [0.15, 0.2) is 0 Å². The Hall–Kier alpha value is -3.01. The summed E-state index contributed by atoms with van der Waals surface area (Å²) in [5, 5.41) is 0. The molecule has 26 heavy (non-hydrogen) atoms. The van der Waals surface area contributed by atoms with Gasteiger partial charge in [-0.2, -0.15) is 0 Å². The molecular weight excluding hydrogens is 326 g/mol. The quantitative estimate of drug-likeness (QED) is 0.693. The molecule has 4 heteroatoms. The first-order valence-electron chi connectivity index (χ1n) is 8.82. The summed E-state index contributed by atoms with van der Waals surface area (Å²) in [6.07, 6.45) is 2.62. The maximum absolute atomic E-state index is 13.0. The number of hydrogen-bond acceptors (Lipinski definition) is 3. The SMILES string of the molecule is COc1ccc(C(=O)N2CCC(c3ccco3)C2)cc1-c1ccccc1. The van der Waals surface area contributed by atoms with Gasteiger partial charge in [-0.15, -0.1) is 0 Å². The first-order chi connectivity index (χ1) is 12.8. The molecule has 1 atom stereocenters. The zero-order valence-corrected chi connectivity index (χ0v) is 14.7. The maximum atomic E-state index is 13.0. The molecule has 2 heterocycles. The molecule has 0 saturated carbocycles. The van der Waals surface area contributed by atoms with E-state index in [9.17, 15) is 4.79 Å². The third-order valence-electron chi connectivity index (χ3n) is 4.95. The predicted molar refractivity (Wildman–Crippen MR) is 100 cm³/mol. The number of methoxy groups -OCH3 is 1. The van der Waals surface area contributed by atoms with E-state index in [0.717, 1.165) is 35.6 Å². The van der Waals surface area contributed by atoms with Gasteiger partial charge in [-0.3, -0.25) is 4.79 Å². The van der Waals surface area contributed by atoms with Crippen LogP contribution < -0.4 is 4.74 Å². The third-order valence-corrected chi connectivity index (χ3v) is 4.95. The standard InChI is InChI=1S/C22H21NO3/c1-25-21-10-9-17(14-19(21)16-6-3-2-4-7-16)22(24)23-12-11-18(15-23)20-8-5-13-26-20/h2-10,13-14,18H,11-12,15H2,1H3. The Morgan fingerprint density at radius 1 is 1.12 bits per heavy atom. The van der Waals surface area contributed by atoms with Gasteiger partial charge in [-0.25, -0.2) is 0 Å². The van der Waals surface area contributed by atoms with E-state index in [2.05, 4.69) is 0 Å². The van der Waals surface area contributed by atoms with E-state index in [4.69, 9.17) is 9.15 Å². The molecule has 0 aliphatic carbocycles. The number of hydrogen-bond donors (Lipinski definition) is 0. The van der Waals surface area contributed by atoms with Gasteiger partial charge in [0.2, 0.25) is 0 Å². The van der Waals surface area contributed by atoms with Gasteiger partial charge in [-0.1, -0.05) is 30.3 Å². The average Bonchev–Trinajstić information content (AvgIpc) is 3.39. The lowest BCUT2D eigenvalue weighted by atomic mass is 10.0. The molecular formula is C22H21NO3. The molecule has 132 valence electrons. The van der Waals surface area contributed by atoms with Crippen LogP contribution in [0.25, 0.3) is 11.1 Å². The molecule has 3 aromatic rings. The van der Waals surface area contributed by atoms with Crippen molar-refractivity contribution in [2.75, 3.05) is 20.2 Å². The second-order valence-corrected chi connectivity index (χ2v) is 6.53. The van der Waals surface area contributed by atoms with E-state index in [1.807, 2.05) is 65.6 Å². The van der Waals surface area contributed by atoms with E-state index < -0.39 is 0 Å². The zero-order valence-electron chi connectivity index (χ0n) is 14.7. The molecule has 0 bridgehead atoms. The molecule has 1 aliphatic heterocycles. The summed E-state index contributed by atoms with van der Waals surface area (Å²) in [4.78, 5) is 14.9. The van der Waals surface area contributed by atoms with Gasteiger partial charge >= 0.3 is 0 Å². The van der Waals surface area contributed by atoms with E-state index in [-0.39, 0.29) is 11.8 Å². The fourth-order valence-corrected chi connectivity index (χ4v) is 3.57. The molecule has 1 fully saturated rings. The van der Waals surface area contributed by atoms with Crippen LogP contribution in [-0.4, -0.2) is 31.0 Å². The Morgan fingerprint density at radius 3 is 2.69 bits per heavy atom. The van der Waals surface area contributed by atoms with Crippen molar-refractivity contribution in [3.05, 3.63) is 78.3 Å². The van der Waals surface area contributed by atoms with Crippen LogP contribution in [0, 0.1) is 0 Å². The van der Waals surface area contributed by atoms with Gasteiger partial charge in [0.25, 0.3) is 5.91 Å². The van der Waals surface area contributed by atoms with Crippen LogP contribution in [0.15, 0.2) is 71.3 Å². The van der Waals surface area contributed by atoms with Crippen molar-refractivity contribution in [1.29, 1.82) is 0 Å². The minimum Gasteiger partial charge on any atom is -0.496 e. The summed E-state index contributed by atoms with van der Waals surface area (Å²) in [6, 6.07) is 19.5. The molecule has 1 aliphatic rings. The number of amides is 1. The van der Waals surface area contributed by atoms with Crippen LogP contribution in [0.1, 0.15) is 28.5 Å². The van der Waals surface area contributed by atoms with Crippen molar-refractivity contribution in [2.45, 2.75) is 12.3 Å². The normalized spacial score (nSPS) is 16.7. The van der Waals surface area contributed by atoms with Gasteiger partial charge in [0, 0.05) is 30.1 Å². The summed E-state index contributed by atoms with van der Waals surface area (Å²) in [6.45, 7) is 1.44. The average molecular weight is 347 g/mol. The van der Waals surface area contributed by atoms with E-state index in [1.165, 1.54) is 0 Å². The van der Waals surface area contributed by atoms with E-state index in [1.54, 1.807) is 13.4 Å². The van der Waals surface area contributed by atoms with E-state index >= 15 is 0 Å². The highest BCUT2D eigenvalue weighted by Gasteiger charge is 2.29. The van der Waals surface area contributed by atoms with Crippen molar-refractivity contribution >= 4 is 5.91 Å². The Labute approximate surface area is 153 Å². The Kier molecular flexibility index (Phi) is 4.48. The summed E-state index contributed by atoms with van der Waals surface area (Å²) in [5.74, 6) is 2.06. The number of likely N-dealkylation sites (tertiary alicyclic amines) is 1. The second kappa shape index (κ2) is 7.08. The Balaban J connectivity index is 1.59. The molecule has 1 amide bonds. The van der Waals surface area contributed by atoms with Crippen LogP contribution in [0.2, 0.25) is 0 Å². The number of benzene rings is 2. The molecule has 4 rings (SSSR count). The second-order valence-electron chi connectivity index (χ2n) is 6.53. The molecule has 1 saturated heterocycles. The van der Waals surface area contributed by atoms with Crippen molar-refractivity contribution in [3.8, 4) is 16.9 Å². The van der Waals surface area contributed by atoms with Gasteiger partial charge < -0.3 is 14.1 Å². The summed E-state index contributed by atoms with van der Waals surface area (Å²) >= 11 is 0. The van der Waals surface area contributed by atoms with Crippen LogP contribution in [-0.2, 0) is 0 Å². The number of carbonyl (C=O) groups excluding carboxylic acids is 1. The lowest BCUT2D eigenvalue weighted by Crippen LogP contribution is -2.28. The lowest BCUT2D eigenvalue weighted by Gasteiger charge is -2.18. The fourth-order valence-electron chi connectivity index (χ4n) is 3.57. The highest BCUT2D eigenvalue weighted by molar-refractivity contribution is 5.96. The third kappa shape index (κ3) is 3.10. The molecule has 2 aromatic carbocycles. The minimum atomic E-state index is 0.0545. The molecule has 0 N–H and O–H groups in total. The van der Waals surface area contributed by atoms with Crippen LogP contribution >= 0.6 is 0 Å². The number of ether oxygens (including phenoxy) is 1. The maximum Gasteiger partial charge on any atom is 0.253 e. The fraction of sp³-hybridized carbons (Fsp3) is 0.227. The van der Waals surface area contributed by atoms with Crippen molar-refractivity contribution < 1.29 is 13.9 Å². The molecule has 0 radical (unpaired) electrons. The highest BCUT2D eigenvalue weighted by Crippen LogP contribution is 2.33. The molecule has 4 nitrogen and oxygen atoms in total. The highest BCUT2D eigenvalue weighted by atomic mass is 16.5. The zero-order chi connectivity index (χ0) is 17.9. The largest absolute Gasteiger partial charge is 0.496 e. The Morgan fingerprint density at radius 2 is 1.96 bits per heavy atom. The van der Waals surface area contributed by atoms with Gasteiger partial charge in [0.05, 0.1) is 13.4 Å². The summed E-state index contributed by atoms with van der Waals surface area (Å²) in [5.41, 5.74) is 2.65. The summed E-state index contributed by atoms with van der Waals surface area (Å²) < 4.78 is 11.0. The number of carbonyl (C=O) groups is 1. The lowest BCUT2D eigenvalue weighted by molar-refractivity contribution is 0.0790. The van der Waals surface area contributed by atoms with Gasteiger partial charge in [-0.05, 0) is 42.3 Å². The van der Waals surface area contributed by atoms with Crippen molar-refractivity contribution in [2.24, 2.45) is 0 Å². The van der Waals surface area contributed by atoms with Crippen molar-refractivity contribution in [1.82, 2.24) is 4.90 Å². The smallest absolute Gasteiger partial charge is 0.253 e. The molecule has 1 aromatic heterocycles. The van der Waals surface area contributed by atoms with Crippen molar-refractivity contribution in [3.63, 3.8) is 0 Å².